The first-order valence-corrected chi connectivity index (χ1v) is 4.73. The standard InChI is InChI=1S/C13H10O2/c1-9-11(14)7-8-12(15)13(9)10-5-3-2-4-6-10/h2-8H,1H3. The highest BCUT2D eigenvalue weighted by molar-refractivity contribution is 6.35. The van der Waals surface area contributed by atoms with Crippen LogP contribution in [0.2, 0.25) is 0 Å². The van der Waals surface area contributed by atoms with Gasteiger partial charge in [0.1, 0.15) is 0 Å². The molecule has 2 nitrogen and oxygen atoms in total. The summed E-state index contributed by atoms with van der Waals surface area (Å²) in [6, 6.07) is 9.26. The van der Waals surface area contributed by atoms with Gasteiger partial charge in [-0.05, 0) is 24.6 Å². The number of hydrogen-bond donors (Lipinski definition) is 0. The van der Waals surface area contributed by atoms with Crippen LogP contribution in [0.4, 0.5) is 0 Å². The van der Waals surface area contributed by atoms with Crippen LogP contribution < -0.4 is 0 Å². The topological polar surface area (TPSA) is 34.1 Å². The van der Waals surface area contributed by atoms with Crippen molar-refractivity contribution in [2.24, 2.45) is 0 Å². The third-order valence-electron chi connectivity index (χ3n) is 2.44. The van der Waals surface area contributed by atoms with Crippen molar-refractivity contribution in [3.63, 3.8) is 0 Å². The third-order valence-corrected chi connectivity index (χ3v) is 2.44. The zero-order chi connectivity index (χ0) is 10.8. The van der Waals surface area contributed by atoms with Gasteiger partial charge in [0.2, 0.25) is 0 Å². The average molecular weight is 198 g/mol. The van der Waals surface area contributed by atoms with Crippen LogP contribution in [0.15, 0.2) is 48.1 Å². The normalized spacial score (nSPS) is 16.1. The number of rotatable bonds is 1. The molecular formula is C13H10O2. The van der Waals surface area contributed by atoms with E-state index < -0.39 is 0 Å². The van der Waals surface area contributed by atoms with Crippen molar-refractivity contribution < 1.29 is 9.59 Å². The van der Waals surface area contributed by atoms with Crippen LogP contribution in [0.5, 0.6) is 0 Å². The quantitative estimate of drug-likeness (QED) is 0.648. The molecule has 1 aliphatic rings. The molecule has 0 amide bonds. The van der Waals surface area contributed by atoms with Crippen molar-refractivity contribution in [2.75, 3.05) is 0 Å². The molecule has 1 aliphatic carbocycles. The van der Waals surface area contributed by atoms with E-state index in [9.17, 15) is 9.59 Å². The lowest BCUT2D eigenvalue weighted by atomic mass is 9.91. The minimum atomic E-state index is -0.0988. The molecule has 74 valence electrons. The van der Waals surface area contributed by atoms with E-state index >= 15 is 0 Å². The molecule has 1 aromatic rings. The zero-order valence-electron chi connectivity index (χ0n) is 8.36. The first kappa shape index (κ1) is 9.59. The molecule has 0 bridgehead atoms. The van der Waals surface area contributed by atoms with Crippen molar-refractivity contribution in [3.8, 4) is 0 Å². The summed E-state index contributed by atoms with van der Waals surface area (Å²) in [6.45, 7) is 1.69. The molecule has 15 heavy (non-hydrogen) atoms. The molecule has 0 unspecified atom stereocenters. The Hall–Kier alpha value is -1.96. The van der Waals surface area contributed by atoms with Gasteiger partial charge >= 0.3 is 0 Å². The second-order valence-corrected chi connectivity index (χ2v) is 3.43. The van der Waals surface area contributed by atoms with E-state index in [0.29, 0.717) is 11.1 Å². The number of allylic oxidation sites excluding steroid dienone is 4. The lowest BCUT2D eigenvalue weighted by molar-refractivity contribution is -0.113. The minimum absolute atomic E-state index is 0.0894. The average Bonchev–Trinajstić information content (AvgIpc) is 2.26. The molecule has 0 fully saturated rings. The number of benzene rings is 1. The van der Waals surface area contributed by atoms with Crippen LogP contribution in [-0.4, -0.2) is 11.6 Å². The van der Waals surface area contributed by atoms with Crippen LogP contribution in [0, 0.1) is 0 Å². The summed E-state index contributed by atoms with van der Waals surface area (Å²) in [7, 11) is 0. The van der Waals surface area contributed by atoms with Crippen molar-refractivity contribution in [1.82, 2.24) is 0 Å². The smallest absolute Gasteiger partial charge is 0.186 e. The third kappa shape index (κ3) is 1.66. The highest BCUT2D eigenvalue weighted by Gasteiger charge is 2.20. The molecule has 0 heterocycles. The number of carbonyl (C=O) groups excluding carboxylic acids is 2. The number of hydrogen-bond acceptors (Lipinski definition) is 2. The zero-order valence-corrected chi connectivity index (χ0v) is 8.36. The monoisotopic (exact) mass is 198 g/mol. The lowest BCUT2D eigenvalue weighted by Gasteiger charge is -2.11. The van der Waals surface area contributed by atoms with Gasteiger partial charge in [-0.1, -0.05) is 30.3 Å². The van der Waals surface area contributed by atoms with Gasteiger partial charge in [0.25, 0.3) is 0 Å². The van der Waals surface area contributed by atoms with Gasteiger partial charge in [0.05, 0.1) is 0 Å². The number of carbonyl (C=O) groups is 2. The van der Waals surface area contributed by atoms with Crippen molar-refractivity contribution >= 4 is 17.1 Å². The van der Waals surface area contributed by atoms with Crippen LogP contribution in [0.25, 0.3) is 5.57 Å². The van der Waals surface area contributed by atoms with Gasteiger partial charge in [-0.2, -0.15) is 0 Å². The Morgan fingerprint density at radius 3 is 2.13 bits per heavy atom. The summed E-state index contributed by atoms with van der Waals surface area (Å²) in [6.07, 6.45) is 2.65. The Kier molecular flexibility index (Phi) is 2.34. The van der Waals surface area contributed by atoms with E-state index in [1.807, 2.05) is 30.3 Å². The van der Waals surface area contributed by atoms with Gasteiger partial charge in [0, 0.05) is 11.1 Å². The molecule has 0 spiro atoms. The molecule has 0 aliphatic heterocycles. The van der Waals surface area contributed by atoms with E-state index in [0.717, 1.165) is 5.56 Å². The predicted molar refractivity (Wildman–Crippen MR) is 58.2 cm³/mol. The van der Waals surface area contributed by atoms with Gasteiger partial charge in [-0.15, -0.1) is 0 Å². The summed E-state index contributed by atoms with van der Waals surface area (Å²) >= 11 is 0. The first-order valence-electron chi connectivity index (χ1n) is 4.73. The molecule has 0 N–H and O–H groups in total. The Morgan fingerprint density at radius 1 is 0.867 bits per heavy atom. The lowest BCUT2D eigenvalue weighted by Crippen LogP contribution is -2.11. The molecule has 0 atom stereocenters. The van der Waals surface area contributed by atoms with E-state index in [4.69, 9.17) is 0 Å². The van der Waals surface area contributed by atoms with E-state index in [2.05, 4.69) is 0 Å². The fourth-order valence-corrected chi connectivity index (χ4v) is 1.63. The van der Waals surface area contributed by atoms with Crippen molar-refractivity contribution in [1.29, 1.82) is 0 Å². The predicted octanol–water partition coefficient (Wildman–Crippen LogP) is 2.17. The summed E-state index contributed by atoms with van der Waals surface area (Å²) in [5.41, 5.74) is 1.84. The van der Waals surface area contributed by atoms with Crippen LogP contribution in [0.1, 0.15) is 12.5 Å². The number of ketones is 2. The Balaban J connectivity index is 2.57. The minimum Gasteiger partial charge on any atom is -0.290 e. The molecule has 0 saturated heterocycles. The van der Waals surface area contributed by atoms with Crippen LogP contribution >= 0.6 is 0 Å². The van der Waals surface area contributed by atoms with Crippen molar-refractivity contribution in [2.45, 2.75) is 6.92 Å². The fourth-order valence-electron chi connectivity index (χ4n) is 1.63. The van der Waals surface area contributed by atoms with E-state index in [1.54, 1.807) is 6.92 Å². The molecule has 2 heteroatoms. The van der Waals surface area contributed by atoms with Crippen molar-refractivity contribution in [3.05, 3.63) is 53.6 Å². The van der Waals surface area contributed by atoms with Gasteiger partial charge < -0.3 is 0 Å². The summed E-state index contributed by atoms with van der Waals surface area (Å²) in [5, 5.41) is 0. The maximum absolute atomic E-state index is 11.7. The maximum atomic E-state index is 11.7. The van der Waals surface area contributed by atoms with Gasteiger partial charge in [-0.3, -0.25) is 9.59 Å². The second kappa shape index (κ2) is 3.65. The van der Waals surface area contributed by atoms with Crippen LogP contribution in [-0.2, 0) is 9.59 Å². The summed E-state index contributed by atoms with van der Waals surface area (Å²) in [5.74, 6) is -0.188. The van der Waals surface area contributed by atoms with Gasteiger partial charge in [0.15, 0.2) is 11.6 Å². The molecule has 2 rings (SSSR count). The highest BCUT2D eigenvalue weighted by Crippen LogP contribution is 2.23. The van der Waals surface area contributed by atoms with Crippen LogP contribution in [0.3, 0.4) is 0 Å². The molecule has 0 aromatic heterocycles. The maximum Gasteiger partial charge on any atom is 0.186 e. The highest BCUT2D eigenvalue weighted by atomic mass is 16.1. The Bertz CT molecular complexity index is 479. The van der Waals surface area contributed by atoms with E-state index in [1.165, 1.54) is 12.2 Å². The molecule has 1 aromatic carbocycles. The Morgan fingerprint density at radius 2 is 1.47 bits per heavy atom. The largest absolute Gasteiger partial charge is 0.290 e. The summed E-state index contributed by atoms with van der Waals surface area (Å²) < 4.78 is 0. The Labute approximate surface area is 87.9 Å². The van der Waals surface area contributed by atoms with Gasteiger partial charge in [-0.25, -0.2) is 0 Å². The molecular weight excluding hydrogens is 188 g/mol. The van der Waals surface area contributed by atoms with E-state index in [-0.39, 0.29) is 11.6 Å². The molecule has 0 radical (unpaired) electrons. The SMILES string of the molecule is CC1=C(c2ccccc2)C(=O)C=CC1=O. The first-order chi connectivity index (χ1) is 7.20. The fraction of sp³-hybridized carbons (Fsp3) is 0.0769. The molecule has 0 saturated carbocycles. The second-order valence-electron chi connectivity index (χ2n) is 3.43. The summed E-state index contributed by atoms with van der Waals surface area (Å²) in [4.78, 5) is 23.1.